The van der Waals surface area contributed by atoms with E-state index in [2.05, 4.69) is 34.9 Å². The molecule has 0 spiro atoms. The number of carbonyl (C=O) groups is 2. The second-order valence-electron chi connectivity index (χ2n) is 6.79. The molecule has 0 bridgehead atoms. The molecular formula is C26H29ClN2O2. The Morgan fingerprint density at radius 3 is 1.94 bits per heavy atom. The van der Waals surface area contributed by atoms with Crippen molar-refractivity contribution in [3.63, 3.8) is 0 Å². The Hall–Kier alpha value is -3.11. The molecule has 0 aromatic heterocycles. The van der Waals surface area contributed by atoms with E-state index in [-0.39, 0.29) is 17.7 Å². The normalized spacial score (nSPS) is 10.1. The van der Waals surface area contributed by atoms with E-state index >= 15 is 0 Å². The summed E-state index contributed by atoms with van der Waals surface area (Å²) in [4.78, 5) is 23.9. The van der Waals surface area contributed by atoms with Crippen LogP contribution in [0.15, 0.2) is 78.9 Å². The molecule has 162 valence electrons. The summed E-state index contributed by atoms with van der Waals surface area (Å²) in [5.74, 6) is 0.0465. The number of hydrogen-bond acceptors (Lipinski definition) is 2. The molecule has 0 aliphatic carbocycles. The van der Waals surface area contributed by atoms with Crippen molar-refractivity contribution in [3.05, 3.63) is 101 Å². The van der Waals surface area contributed by atoms with Crippen LogP contribution in [0.2, 0.25) is 5.02 Å². The lowest BCUT2D eigenvalue weighted by Crippen LogP contribution is -2.30. The second-order valence-corrected chi connectivity index (χ2v) is 7.20. The summed E-state index contributed by atoms with van der Waals surface area (Å²) in [6, 6.07) is 25.1. The maximum absolute atomic E-state index is 12.3. The smallest absolute Gasteiger partial charge is 0.319 e. The molecule has 3 aromatic carbocycles. The number of benzene rings is 3. The zero-order valence-electron chi connectivity index (χ0n) is 18.2. The molecule has 0 aliphatic rings. The third kappa shape index (κ3) is 7.26. The van der Waals surface area contributed by atoms with Crippen LogP contribution in [0.25, 0.3) is 0 Å². The van der Waals surface area contributed by atoms with E-state index in [9.17, 15) is 9.59 Å². The van der Waals surface area contributed by atoms with Gasteiger partial charge in [0.1, 0.15) is 0 Å². The quantitative estimate of drug-likeness (QED) is 0.395. The number of rotatable bonds is 7. The Balaban J connectivity index is 0.00000166. The maximum atomic E-state index is 12.3. The van der Waals surface area contributed by atoms with Gasteiger partial charge < -0.3 is 10.6 Å². The predicted octanol–water partition coefficient (Wildman–Crippen LogP) is 6.91. The van der Waals surface area contributed by atoms with Gasteiger partial charge in [0.2, 0.25) is 0 Å². The van der Waals surface area contributed by atoms with Gasteiger partial charge in [0, 0.05) is 23.7 Å². The van der Waals surface area contributed by atoms with Gasteiger partial charge in [-0.3, -0.25) is 4.79 Å². The molecule has 2 amide bonds. The summed E-state index contributed by atoms with van der Waals surface area (Å²) in [7, 11) is 0. The lowest BCUT2D eigenvalue weighted by Gasteiger charge is -2.18. The van der Waals surface area contributed by atoms with Crippen LogP contribution in [0.1, 0.15) is 54.6 Å². The van der Waals surface area contributed by atoms with Gasteiger partial charge >= 0.3 is 6.03 Å². The molecule has 5 heteroatoms. The number of hydrogen-bond donors (Lipinski definition) is 2. The first kappa shape index (κ1) is 24.2. The summed E-state index contributed by atoms with van der Waals surface area (Å²) >= 11 is 6.01. The zero-order valence-corrected chi connectivity index (χ0v) is 18.9. The lowest BCUT2D eigenvalue weighted by molar-refractivity contribution is 0.101. The number of Topliss-reactive ketones (excluding diaryl/α,β-unsaturated/α-hetero) is 1. The standard InChI is InChI=1S/C24H23ClN2O2.C2H6/c1-17(28)22-16-20(12-13-23(22)25)27-24(29)26-15-14-21(18-8-4-2-5-9-18)19-10-6-3-7-11-19;1-2/h2-13,16,21H,14-15H2,1H3,(H2,26,27,29);1-2H3. The first-order chi connectivity index (χ1) is 15.0. The monoisotopic (exact) mass is 436 g/mol. The molecular weight excluding hydrogens is 408 g/mol. The van der Waals surface area contributed by atoms with Gasteiger partial charge in [-0.15, -0.1) is 0 Å². The minimum Gasteiger partial charge on any atom is -0.338 e. The van der Waals surface area contributed by atoms with Crippen molar-refractivity contribution < 1.29 is 9.59 Å². The van der Waals surface area contributed by atoms with E-state index in [0.29, 0.717) is 22.8 Å². The van der Waals surface area contributed by atoms with Crippen molar-refractivity contribution >= 4 is 29.1 Å². The Kier molecular flexibility index (Phi) is 9.79. The highest BCUT2D eigenvalue weighted by atomic mass is 35.5. The van der Waals surface area contributed by atoms with E-state index in [1.54, 1.807) is 18.2 Å². The van der Waals surface area contributed by atoms with Crippen LogP contribution < -0.4 is 10.6 Å². The zero-order chi connectivity index (χ0) is 22.6. The molecule has 0 heterocycles. The van der Waals surface area contributed by atoms with E-state index in [1.807, 2.05) is 50.2 Å². The van der Waals surface area contributed by atoms with Crippen molar-refractivity contribution in [1.82, 2.24) is 5.32 Å². The highest BCUT2D eigenvalue weighted by molar-refractivity contribution is 6.34. The molecule has 2 N–H and O–H groups in total. The van der Waals surface area contributed by atoms with Crippen LogP contribution >= 0.6 is 11.6 Å². The van der Waals surface area contributed by atoms with Crippen LogP contribution in [0, 0.1) is 0 Å². The van der Waals surface area contributed by atoms with Gasteiger partial charge in [0.05, 0.1) is 5.02 Å². The van der Waals surface area contributed by atoms with Gasteiger partial charge in [-0.25, -0.2) is 4.79 Å². The third-order valence-corrected chi connectivity index (χ3v) is 5.06. The van der Waals surface area contributed by atoms with Gasteiger partial charge in [-0.1, -0.05) is 86.1 Å². The first-order valence-electron chi connectivity index (χ1n) is 10.5. The molecule has 0 radical (unpaired) electrons. The second kappa shape index (κ2) is 12.6. The average molecular weight is 437 g/mol. The van der Waals surface area contributed by atoms with Crippen LogP contribution in [0.5, 0.6) is 0 Å². The van der Waals surface area contributed by atoms with Gasteiger partial charge in [0.15, 0.2) is 5.78 Å². The SMILES string of the molecule is CC.CC(=O)c1cc(NC(=O)NCCC(c2ccccc2)c2ccccc2)ccc1Cl. The summed E-state index contributed by atoms with van der Waals surface area (Å²) in [6.07, 6.45) is 0.765. The Morgan fingerprint density at radius 2 is 1.42 bits per heavy atom. The maximum Gasteiger partial charge on any atom is 0.319 e. The number of anilines is 1. The van der Waals surface area contributed by atoms with Crippen molar-refractivity contribution in [2.24, 2.45) is 0 Å². The van der Waals surface area contributed by atoms with Crippen molar-refractivity contribution in [1.29, 1.82) is 0 Å². The number of ketones is 1. The Morgan fingerprint density at radius 1 is 0.871 bits per heavy atom. The molecule has 0 aliphatic heterocycles. The van der Waals surface area contributed by atoms with Gasteiger partial charge in [0.25, 0.3) is 0 Å². The Bertz CT molecular complexity index is 936. The molecule has 0 atom stereocenters. The predicted molar refractivity (Wildman–Crippen MR) is 129 cm³/mol. The highest BCUT2D eigenvalue weighted by Gasteiger charge is 2.14. The molecule has 3 rings (SSSR count). The van der Waals surface area contributed by atoms with Crippen molar-refractivity contribution in [3.8, 4) is 0 Å². The fourth-order valence-corrected chi connectivity index (χ4v) is 3.53. The van der Waals surface area contributed by atoms with Crippen LogP contribution in [0.3, 0.4) is 0 Å². The Labute approximate surface area is 189 Å². The number of halogens is 1. The fourth-order valence-electron chi connectivity index (χ4n) is 3.27. The summed E-state index contributed by atoms with van der Waals surface area (Å²) in [5.41, 5.74) is 3.34. The largest absolute Gasteiger partial charge is 0.338 e. The minimum atomic E-state index is -0.318. The van der Waals surface area contributed by atoms with E-state index in [1.165, 1.54) is 18.1 Å². The first-order valence-corrected chi connectivity index (χ1v) is 10.9. The minimum absolute atomic E-state index is 0.146. The molecule has 3 aromatic rings. The van der Waals surface area contributed by atoms with Crippen LogP contribution in [-0.2, 0) is 0 Å². The van der Waals surface area contributed by atoms with E-state index < -0.39 is 0 Å². The van der Waals surface area contributed by atoms with Crippen molar-refractivity contribution in [2.45, 2.75) is 33.1 Å². The molecule has 0 saturated carbocycles. The number of carbonyl (C=O) groups excluding carboxylic acids is 2. The third-order valence-electron chi connectivity index (χ3n) is 4.73. The summed E-state index contributed by atoms with van der Waals surface area (Å²) in [5, 5.41) is 6.03. The van der Waals surface area contributed by atoms with E-state index in [0.717, 1.165) is 6.42 Å². The number of nitrogens with one attached hydrogen (secondary N) is 2. The molecule has 31 heavy (non-hydrogen) atoms. The van der Waals surface area contributed by atoms with Crippen LogP contribution in [-0.4, -0.2) is 18.4 Å². The average Bonchev–Trinajstić information content (AvgIpc) is 2.80. The molecule has 4 nitrogen and oxygen atoms in total. The van der Waals surface area contributed by atoms with E-state index in [4.69, 9.17) is 11.6 Å². The highest BCUT2D eigenvalue weighted by Crippen LogP contribution is 2.27. The summed E-state index contributed by atoms with van der Waals surface area (Å²) < 4.78 is 0. The van der Waals surface area contributed by atoms with Gasteiger partial charge in [-0.2, -0.15) is 0 Å². The number of amides is 2. The molecule has 0 unspecified atom stereocenters. The fraction of sp³-hybridized carbons (Fsp3) is 0.231. The van der Waals surface area contributed by atoms with Crippen molar-refractivity contribution in [2.75, 3.05) is 11.9 Å². The van der Waals surface area contributed by atoms with Gasteiger partial charge in [-0.05, 0) is 42.7 Å². The lowest BCUT2D eigenvalue weighted by atomic mass is 9.88. The molecule has 0 saturated heterocycles. The number of urea groups is 1. The topological polar surface area (TPSA) is 58.2 Å². The summed E-state index contributed by atoms with van der Waals surface area (Å²) in [6.45, 7) is 5.95. The molecule has 0 fully saturated rings. The van der Waals surface area contributed by atoms with Crippen LogP contribution in [0.4, 0.5) is 10.5 Å².